The molecule has 5 nitrogen and oxygen atoms in total. The second-order valence-electron chi connectivity index (χ2n) is 3.43. The summed E-state index contributed by atoms with van der Waals surface area (Å²) in [5.41, 5.74) is 1.36. The van der Waals surface area contributed by atoms with E-state index in [9.17, 15) is 8.42 Å². The van der Waals surface area contributed by atoms with E-state index in [1.165, 1.54) is 0 Å². The maximum absolute atomic E-state index is 11.3. The Morgan fingerprint density at radius 1 is 1.18 bits per heavy atom. The highest BCUT2D eigenvalue weighted by atomic mass is 32.2. The number of rotatable bonds is 6. The summed E-state index contributed by atoms with van der Waals surface area (Å²) in [7, 11) is -0.142. The summed E-state index contributed by atoms with van der Waals surface area (Å²) in [6, 6.07) is 6.86. The number of hydrogen-bond acceptors (Lipinski definition) is 4. The molecule has 0 amide bonds. The topological polar surface area (TPSA) is 64.6 Å². The van der Waals surface area contributed by atoms with Gasteiger partial charge in [-0.3, -0.25) is 4.72 Å². The van der Waals surface area contributed by atoms with Crippen LogP contribution in [-0.4, -0.2) is 28.4 Å². The lowest BCUT2D eigenvalue weighted by Gasteiger charge is -2.14. The van der Waals surface area contributed by atoms with Gasteiger partial charge < -0.3 is 9.47 Å². The molecule has 0 saturated heterocycles. The summed E-state index contributed by atoms with van der Waals surface area (Å²) >= 11 is 0. The van der Waals surface area contributed by atoms with Gasteiger partial charge >= 0.3 is 0 Å². The van der Waals surface area contributed by atoms with Gasteiger partial charge in [-0.05, 0) is 19.1 Å². The zero-order valence-electron chi connectivity index (χ0n) is 10.1. The first-order valence-corrected chi connectivity index (χ1v) is 6.83. The minimum atomic E-state index is -3.23. The van der Waals surface area contributed by atoms with E-state index in [-0.39, 0.29) is 5.75 Å². The second kappa shape index (κ2) is 6.00. The highest BCUT2D eigenvalue weighted by molar-refractivity contribution is 7.92. The molecule has 0 bridgehead atoms. The minimum absolute atomic E-state index is 0.0491. The molecule has 6 heteroatoms. The predicted molar refractivity (Wildman–Crippen MR) is 66.3 cm³/mol. The Balaban J connectivity index is 2.81. The van der Waals surface area contributed by atoms with E-state index in [0.29, 0.717) is 5.69 Å². The van der Waals surface area contributed by atoms with Gasteiger partial charge in [0, 0.05) is 25.5 Å². The second-order valence-corrected chi connectivity index (χ2v) is 5.44. The molecule has 0 saturated carbocycles. The Bertz CT molecular complexity index is 437. The largest absolute Gasteiger partial charge is 0.352 e. The lowest BCUT2D eigenvalue weighted by Crippen LogP contribution is -2.14. The average Bonchev–Trinajstić information content (AvgIpc) is 2.32. The fraction of sp³-hybridized carbons (Fsp3) is 0.455. The summed E-state index contributed by atoms with van der Waals surface area (Å²) in [5, 5.41) is 0. The SMILES string of the molecule is CCS(=O)(=O)Nc1ccc(C(OC)OC)cc1. The van der Waals surface area contributed by atoms with Crippen molar-refractivity contribution in [2.75, 3.05) is 24.7 Å². The number of ether oxygens (including phenoxy) is 2. The minimum Gasteiger partial charge on any atom is -0.352 e. The van der Waals surface area contributed by atoms with Gasteiger partial charge in [-0.1, -0.05) is 12.1 Å². The molecule has 0 aliphatic carbocycles. The lowest BCUT2D eigenvalue weighted by molar-refractivity contribution is -0.106. The van der Waals surface area contributed by atoms with Crippen LogP contribution in [-0.2, 0) is 19.5 Å². The van der Waals surface area contributed by atoms with Gasteiger partial charge in [0.25, 0.3) is 0 Å². The van der Waals surface area contributed by atoms with E-state index in [4.69, 9.17) is 9.47 Å². The summed E-state index contributed by atoms with van der Waals surface area (Å²) in [5.74, 6) is 0.0491. The van der Waals surface area contributed by atoms with Gasteiger partial charge in [0.1, 0.15) is 0 Å². The quantitative estimate of drug-likeness (QED) is 0.790. The molecule has 0 unspecified atom stereocenters. The van der Waals surface area contributed by atoms with Crippen LogP contribution in [0, 0.1) is 0 Å². The summed E-state index contributed by atoms with van der Waals surface area (Å²) < 4.78 is 35.3. The Labute approximate surface area is 102 Å². The number of methoxy groups -OCH3 is 2. The highest BCUT2D eigenvalue weighted by Crippen LogP contribution is 2.19. The third-order valence-electron chi connectivity index (χ3n) is 2.26. The molecule has 0 aliphatic rings. The van der Waals surface area contributed by atoms with Crippen LogP contribution in [0.1, 0.15) is 18.8 Å². The molecular formula is C11H17NO4S. The molecule has 0 radical (unpaired) electrons. The van der Waals surface area contributed by atoms with Crippen molar-refractivity contribution in [2.24, 2.45) is 0 Å². The molecule has 0 aromatic heterocycles. The zero-order chi connectivity index (χ0) is 12.9. The molecule has 1 rings (SSSR count). The summed E-state index contributed by atoms with van der Waals surface area (Å²) in [6.45, 7) is 1.59. The van der Waals surface area contributed by atoms with Crippen molar-refractivity contribution >= 4 is 15.7 Å². The third-order valence-corrected chi connectivity index (χ3v) is 3.57. The van der Waals surface area contributed by atoms with Crippen LogP contribution in [0.4, 0.5) is 5.69 Å². The number of benzene rings is 1. The first-order chi connectivity index (χ1) is 8.02. The fourth-order valence-corrected chi connectivity index (χ4v) is 1.97. The number of nitrogens with one attached hydrogen (secondary N) is 1. The van der Waals surface area contributed by atoms with Gasteiger partial charge in [0.15, 0.2) is 6.29 Å². The molecular weight excluding hydrogens is 242 g/mol. The predicted octanol–water partition coefficient (Wildman–Crippen LogP) is 1.74. The van der Waals surface area contributed by atoms with Crippen molar-refractivity contribution in [1.82, 2.24) is 0 Å². The Hall–Kier alpha value is -1.11. The van der Waals surface area contributed by atoms with Crippen molar-refractivity contribution < 1.29 is 17.9 Å². The molecule has 1 aromatic carbocycles. The van der Waals surface area contributed by atoms with Crippen LogP contribution in [0.2, 0.25) is 0 Å². The number of anilines is 1. The highest BCUT2D eigenvalue weighted by Gasteiger charge is 2.10. The van der Waals surface area contributed by atoms with Gasteiger partial charge in [-0.2, -0.15) is 0 Å². The van der Waals surface area contributed by atoms with Crippen LogP contribution >= 0.6 is 0 Å². The van der Waals surface area contributed by atoms with E-state index >= 15 is 0 Å². The Morgan fingerprint density at radius 2 is 1.71 bits per heavy atom. The molecule has 0 fully saturated rings. The van der Waals surface area contributed by atoms with E-state index in [0.717, 1.165) is 5.56 Å². The van der Waals surface area contributed by atoms with Crippen molar-refractivity contribution in [2.45, 2.75) is 13.2 Å². The van der Waals surface area contributed by atoms with Gasteiger partial charge in [-0.15, -0.1) is 0 Å². The molecule has 0 atom stereocenters. The molecule has 0 aliphatic heterocycles. The van der Waals surface area contributed by atoms with E-state index in [1.54, 1.807) is 45.4 Å². The maximum Gasteiger partial charge on any atom is 0.232 e. The van der Waals surface area contributed by atoms with Gasteiger partial charge in [0.2, 0.25) is 10.0 Å². The smallest absolute Gasteiger partial charge is 0.232 e. The Kier molecular flexibility index (Phi) is 4.92. The maximum atomic E-state index is 11.3. The molecule has 1 aromatic rings. The van der Waals surface area contributed by atoms with Crippen LogP contribution in [0.5, 0.6) is 0 Å². The van der Waals surface area contributed by atoms with Crippen LogP contribution < -0.4 is 4.72 Å². The zero-order valence-corrected chi connectivity index (χ0v) is 11.0. The van der Waals surface area contributed by atoms with Crippen molar-refractivity contribution in [3.63, 3.8) is 0 Å². The normalized spacial score (nSPS) is 11.8. The molecule has 1 N–H and O–H groups in total. The van der Waals surface area contributed by atoms with Crippen molar-refractivity contribution in [3.05, 3.63) is 29.8 Å². The van der Waals surface area contributed by atoms with Gasteiger partial charge in [0.05, 0.1) is 5.75 Å². The monoisotopic (exact) mass is 259 g/mol. The Morgan fingerprint density at radius 3 is 2.12 bits per heavy atom. The molecule has 0 heterocycles. The first kappa shape index (κ1) is 14.0. The van der Waals surface area contributed by atoms with E-state index < -0.39 is 16.3 Å². The number of hydrogen-bond donors (Lipinski definition) is 1. The van der Waals surface area contributed by atoms with Crippen molar-refractivity contribution in [1.29, 1.82) is 0 Å². The standard InChI is InChI=1S/C11H17NO4S/c1-4-17(13,14)12-10-7-5-9(6-8-10)11(15-2)16-3/h5-8,11-12H,4H2,1-3H3. The van der Waals surface area contributed by atoms with Crippen molar-refractivity contribution in [3.8, 4) is 0 Å². The lowest BCUT2D eigenvalue weighted by atomic mass is 10.2. The van der Waals surface area contributed by atoms with Crippen LogP contribution in [0.25, 0.3) is 0 Å². The molecule has 17 heavy (non-hydrogen) atoms. The summed E-state index contributed by atoms with van der Waals surface area (Å²) in [6.07, 6.45) is -0.438. The van der Waals surface area contributed by atoms with Crippen LogP contribution in [0.15, 0.2) is 24.3 Å². The van der Waals surface area contributed by atoms with Gasteiger partial charge in [-0.25, -0.2) is 8.42 Å². The first-order valence-electron chi connectivity index (χ1n) is 5.18. The summed E-state index contributed by atoms with van der Waals surface area (Å²) in [4.78, 5) is 0. The van der Waals surface area contributed by atoms with E-state index in [1.807, 2.05) is 0 Å². The third kappa shape index (κ3) is 3.99. The molecule has 96 valence electrons. The van der Waals surface area contributed by atoms with E-state index in [2.05, 4.69) is 4.72 Å². The fourth-order valence-electron chi connectivity index (χ4n) is 1.33. The average molecular weight is 259 g/mol. The number of sulfonamides is 1. The molecule has 0 spiro atoms. The van der Waals surface area contributed by atoms with Crippen LogP contribution in [0.3, 0.4) is 0 Å².